The smallest absolute Gasteiger partial charge is 0.135 e. The van der Waals surface area contributed by atoms with Gasteiger partial charge >= 0.3 is 0 Å². The number of aryl methyl sites for hydroxylation is 1. The third-order valence-electron chi connectivity index (χ3n) is 3.84. The quantitative estimate of drug-likeness (QED) is 0.883. The Bertz CT molecular complexity index is 749. The molecule has 0 spiro atoms. The molecule has 3 rings (SSSR count). The van der Waals surface area contributed by atoms with E-state index in [9.17, 15) is 5.11 Å². The van der Waals surface area contributed by atoms with E-state index in [1.807, 2.05) is 41.5 Å². The topological polar surface area (TPSA) is 69.4 Å². The van der Waals surface area contributed by atoms with Gasteiger partial charge in [0, 0.05) is 17.6 Å². The highest BCUT2D eigenvalue weighted by Gasteiger charge is 2.29. The summed E-state index contributed by atoms with van der Waals surface area (Å²) in [5.74, 6) is 1.42. The number of aliphatic hydroxyl groups excluding tert-OH is 1. The van der Waals surface area contributed by atoms with Gasteiger partial charge in [0.25, 0.3) is 0 Å². The maximum atomic E-state index is 10.2. The lowest BCUT2D eigenvalue weighted by Gasteiger charge is -2.18. The highest BCUT2D eigenvalue weighted by Crippen LogP contribution is 2.29. The average Bonchev–Trinajstić information content (AvgIpc) is 3.09. The summed E-state index contributed by atoms with van der Waals surface area (Å²) in [7, 11) is 1.65. The maximum Gasteiger partial charge on any atom is 0.135 e. The first kappa shape index (κ1) is 15.6. The monoisotopic (exact) mass is 329 g/mol. The standard InChI is InChI=1S/C17H19N3O2S/c1-11-10-23-17(19-11)15-14(21)9-20(16(15)18)8-7-12-3-5-13(22-2)6-4-12/h3-6,10,18,21H,7-9H2,1-2H3. The molecule has 0 saturated carbocycles. The molecule has 0 atom stereocenters. The van der Waals surface area contributed by atoms with Crippen LogP contribution in [0.25, 0.3) is 5.57 Å². The number of benzene rings is 1. The minimum Gasteiger partial charge on any atom is -0.510 e. The fraction of sp³-hybridized carbons (Fsp3) is 0.294. The molecule has 0 aliphatic carbocycles. The minimum absolute atomic E-state index is 0.235. The molecule has 0 radical (unpaired) electrons. The number of nitrogens with one attached hydrogen (secondary N) is 1. The highest BCUT2D eigenvalue weighted by molar-refractivity contribution is 7.11. The Morgan fingerprint density at radius 1 is 1.35 bits per heavy atom. The molecule has 1 aliphatic heterocycles. The molecule has 0 bridgehead atoms. The van der Waals surface area contributed by atoms with Crippen molar-refractivity contribution in [1.29, 1.82) is 5.41 Å². The van der Waals surface area contributed by atoms with Gasteiger partial charge in [0.05, 0.1) is 19.2 Å². The maximum absolute atomic E-state index is 10.2. The lowest BCUT2D eigenvalue weighted by atomic mass is 10.1. The van der Waals surface area contributed by atoms with Gasteiger partial charge in [-0.15, -0.1) is 11.3 Å². The summed E-state index contributed by atoms with van der Waals surface area (Å²) in [6.07, 6.45) is 0.809. The zero-order valence-corrected chi connectivity index (χ0v) is 14.0. The largest absolute Gasteiger partial charge is 0.510 e. The van der Waals surface area contributed by atoms with Crippen LogP contribution in [0.5, 0.6) is 5.75 Å². The molecular formula is C17H19N3O2S. The van der Waals surface area contributed by atoms with Crippen LogP contribution in [0, 0.1) is 12.3 Å². The number of aliphatic hydroxyl groups is 1. The Labute approximate surface area is 139 Å². The van der Waals surface area contributed by atoms with Gasteiger partial charge in [-0.3, -0.25) is 5.41 Å². The summed E-state index contributed by atoms with van der Waals surface area (Å²) in [6, 6.07) is 7.92. The second-order valence-corrected chi connectivity index (χ2v) is 6.34. The lowest BCUT2D eigenvalue weighted by molar-refractivity contribution is 0.351. The van der Waals surface area contributed by atoms with Crippen LogP contribution in [0.3, 0.4) is 0 Å². The SMILES string of the molecule is COc1ccc(CCN2CC(O)=C(c3nc(C)cs3)C2=N)cc1. The predicted molar refractivity (Wildman–Crippen MR) is 92.4 cm³/mol. The van der Waals surface area contributed by atoms with E-state index in [2.05, 4.69) is 4.98 Å². The van der Waals surface area contributed by atoms with Crippen LogP contribution >= 0.6 is 11.3 Å². The fourth-order valence-corrected chi connectivity index (χ4v) is 3.44. The van der Waals surface area contributed by atoms with Gasteiger partial charge in [-0.1, -0.05) is 12.1 Å². The van der Waals surface area contributed by atoms with Gasteiger partial charge in [0.2, 0.25) is 0 Å². The molecule has 2 aromatic rings. The summed E-state index contributed by atoms with van der Waals surface area (Å²) >= 11 is 1.46. The molecule has 0 amide bonds. The Hall–Kier alpha value is -2.34. The fourth-order valence-electron chi connectivity index (χ4n) is 2.57. The molecule has 6 heteroatoms. The van der Waals surface area contributed by atoms with Crippen LogP contribution in [0.2, 0.25) is 0 Å². The summed E-state index contributed by atoms with van der Waals surface area (Å²) < 4.78 is 5.15. The minimum atomic E-state index is 0.235. The van der Waals surface area contributed by atoms with Crippen molar-refractivity contribution in [3.05, 3.63) is 51.7 Å². The van der Waals surface area contributed by atoms with Crippen LogP contribution in [-0.4, -0.2) is 41.0 Å². The van der Waals surface area contributed by atoms with Crippen LogP contribution in [0.4, 0.5) is 0 Å². The van der Waals surface area contributed by atoms with Crippen molar-refractivity contribution in [2.24, 2.45) is 0 Å². The molecule has 0 unspecified atom stereocenters. The molecule has 1 aromatic carbocycles. The van der Waals surface area contributed by atoms with E-state index >= 15 is 0 Å². The zero-order valence-electron chi connectivity index (χ0n) is 13.2. The molecule has 23 heavy (non-hydrogen) atoms. The first-order chi connectivity index (χ1) is 11.1. The van der Waals surface area contributed by atoms with Crippen LogP contribution in [-0.2, 0) is 6.42 Å². The molecule has 0 saturated heterocycles. The van der Waals surface area contributed by atoms with E-state index in [4.69, 9.17) is 10.1 Å². The van der Waals surface area contributed by atoms with E-state index in [0.717, 1.165) is 22.9 Å². The summed E-state index contributed by atoms with van der Waals surface area (Å²) in [6.45, 7) is 2.98. The summed E-state index contributed by atoms with van der Waals surface area (Å²) in [4.78, 5) is 6.27. The second kappa shape index (κ2) is 6.42. The number of amidine groups is 1. The van der Waals surface area contributed by atoms with Crippen LogP contribution < -0.4 is 4.74 Å². The van der Waals surface area contributed by atoms with Gasteiger partial charge in [-0.05, 0) is 31.0 Å². The lowest BCUT2D eigenvalue weighted by Crippen LogP contribution is -2.28. The number of thiazole rings is 1. The van der Waals surface area contributed by atoms with Crippen molar-refractivity contribution in [2.75, 3.05) is 20.2 Å². The van der Waals surface area contributed by atoms with Gasteiger partial charge in [0.15, 0.2) is 0 Å². The third kappa shape index (κ3) is 3.22. The van der Waals surface area contributed by atoms with Crippen molar-refractivity contribution in [2.45, 2.75) is 13.3 Å². The van der Waals surface area contributed by atoms with E-state index < -0.39 is 0 Å². The molecule has 1 aromatic heterocycles. The van der Waals surface area contributed by atoms with E-state index in [0.29, 0.717) is 24.5 Å². The average molecular weight is 329 g/mol. The molecule has 0 fully saturated rings. The normalized spacial score (nSPS) is 14.7. The highest BCUT2D eigenvalue weighted by atomic mass is 32.1. The number of methoxy groups -OCH3 is 1. The number of hydrogen-bond donors (Lipinski definition) is 2. The number of rotatable bonds is 5. The van der Waals surface area contributed by atoms with E-state index in [1.165, 1.54) is 16.9 Å². The number of hydrogen-bond acceptors (Lipinski definition) is 5. The predicted octanol–water partition coefficient (Wildman–Crippen LogP) is 3.26. The van der Waals surface area contributed by atoms with Crippen LogP contribution in [0.15, 0.2) is 35.4 Å². The third-order valence-corrected chi connectivity index (χ3v) is 4.82. The van der Waals surface area contributed by atoms with Crippen molar-refractivity contribution in [3.63, 3.8) is 0 Å². The Balaban J connectivity index is 1.65. The van der Waals surface area contributed by atoms with E-state index in [-0.39, 0.29) is 5.76 Å². The molecule has 120 valence electrons. The van der Waals surface area contributed by atoms with Gasteiger partial charge in [-0.25, -0.2) is 4.98 Å². The summed E-state index contributed by atoms with van der Waals surface area (Å²) in [5, 5.41) is 21.2. The van der Waals surface area contributed by atoms with Crippen molar-refractivity contribution >= 4 is 22.7 Å². The number of aromatic nitrogens is 1. The Morgan fingerprint density at radius 2 is 2.09 bits per heavy atom. The first-order valence-corrected chi connectivity index (χ1v) is 8.28. The van der Waals surface area contributed by atoms with Gasteiger partial charge in [-0.2, -0.15) is 0 Å². The van der Waals surface area contributed by atoms with Gasteiger partial charge in [0.1, 0.15) is 22.4 Å². The van der Waals surface area contributed by atoms with Crippen molar-refractivity contribution in [1.82, 2.24) is 9.88 Å². The molecule has 1 aliphatic rings. The first-order valence-electron chi connectivity index (χ1n) is 7.40. The van der Waals surface area contributed by atoms with Crippen molar-refractivity contribution in [3.8, 4) is 5.75 Å². The molecule has 2 N–H and O–H groups in total. The van der Waals surface area contributed by atoms with Gasteiger partial charge < -0.3 is 14.7 Å². The number of ether oxygens (including phenoxy) is 1. The van der Waals surface area contributed by atoms with Crippen LogP contribution in [0.1, 0.15) is 16.3 Å². The Morgan fingerprint density at radius 3 is 2.70 bits per heavy atom. The zero-order chi connectivity index (χ0) is 16.4. The number of nitrogens with zero attached hydrogens (tertiary/aromatic N) is 2. The summed E-state index contributed by atoms with van der Waals surface area (Å²) in [5.41, 5.74) is 2.66. The molecule has 2 heterocycles. The van der Waals surface area contributed by atoms with Crippen molar-refractivity contribution < 1.29 is 9.84 Å². The molecular weight excluding hydrogens is 310 g/mol. The second-order valence-electron chi connectivity index (χ2n) is 5.48. The van der Waals surface area contributed by atoms with E-state index in [1.54, 1.807) is 7.11 Å². The molecule has 5 nitrogen and oxygen atoms in total. The Kier molecular flexibility index (Phi) is 4.34.